The third kappa shape index (κ3) is 3.46. The lowest BCUT2D eigenvalue weighted by Crippen LogP contribution is -2.42. The number of piperidine rings is 1. The summed E-state index contributed by atoms with van der Waals surface area (Å²) in [5.41, 5.74) is 5.82. The molecule has 0 aliphatic carbocycles. The molecule has 0 aromatic heterocycles. The van der Waals surface area contributed by atoms with Crippen LogP contribution in [0, 0.1) is 5.82 Å². The summed E-state index contributed by atoms with van der Waals surface area (Å²) >= 11 is 0. The van der Waals surface area contributed by atoms with Crippen LogP contribution in [0.15, 0.2) is 18.2 Å². The maximum atomic E-state index is 12.9. The summed E-state index contributed by atoms with van der Waals surface area (Å²) in [5.74, 6) is -1.06. The van der Waals surface area contributed by atoms with E-state index in [0.717, 1.165) is 44.5 Å². The Morgan fingerprint density at radius 3 is 2.60 bits per heavy atom. The van der Waals surface area contributed by atoms with Crippen LogP contribution < -0.4 is 11.1 Å². The topological polar surface area (TPSA) is 75.4 Å². The van der Waals surface area contributed by atoms with Gasteiger partial charge in [-0.3, -0.25) is 9.59 Å². The van der Waals surface area contributed by atoms with Gasteiger partial charge in [0, 0.05) is 18.8 Å². The molecule has 1 aliphatic heterocycles. The number of hydrogen-bond donors (Lipinski definition) is 2. The molecule has 1 heterocycles. The predicted molar refractivity (Wildman–Crippen MR) is 73.6 cm³/mol. The molecule has 1 saturated heterocycles. The Morgan fingerprint density at radius 2 is 1.95 bits per heavy atom. The van der Waals surface area contributed by atoms with Crippen molar-refractivity contribution in [3.05, 3.63) is 29.6 Å². The van der Waals surface area contributed by atoms with Gasteiger partial charge in [0.05, 0.1) is 12.1 Å². The molecule has 0 saturated carbocycles. The zero-order valence-corrected chi connectivity index (χ0v) is 11.2. The van der Waals surface area contributed by atoms with Gasteiger partial charge in [0.1, 0.15) is 5.82 Å². The molecule has 108 valence electrons. The Morgan fingerprint density at radius 1 is 1.25 bits per heavy atom. The SMILES string of the molecule is Nc1cc(F)ccc1C(=O)NCC(=O)N1CCCCC1. The van der Waals surface area contributed by atoms with Gasteiger partial charge in [0.25, 0.3) is 5.91 Å². The third-order valence-corrected chi connectivity index (χ3v) is 3.37. The maximum Gasteiger partial charge on any atom is 0.253 e. The fourth-order valence-corrected chi connectivity index (χ4v) is 2.25. The molecule has 20 heavy (non-hydrogen) atoms. The van der Waals surface area contributed by atoms with E-state index in [1.165, 1.54) is 6.07 Å². The summed E-state index contributed by atoms with van der Waals surface area (Å²) in [6.45, 7) is 1.43. The van der Waals surface area contributed by atoms with E-state index in [9.17, 15) is 14.0 Å². The number of carbonyl (C=O) groups is 2. The average molecular weight is 279 g/mol. The first-order chi connectivity index (χ1) is 9.58. The maximum absolute atomic E-state index is 12.9. The number of amides is 2. The van der Waals surface area contributed by atoms with Crippen LogP contribution >= 0.6 is 0 Å². The van der Waals surface area contributed by atoms with Gasteiger partial charge in [-0.1, -0.05) is 0 Å². The molecule has 0 atom stereocenters. The molecule has 1 aromatic carbocycles. The number of nitrogens with two attached hydrogens (primary N) is 1. The van der Waals surface area contributed by atoms with E-state index in [2.05, 4.69) is 5.32 Å². The molecule has 6 heteroatoms. The highest BCUT2D eigenvalue weighted by Gasteiger charge is 2.18. The van der Waals surface area contributed by atoms with Crippen LogP contribution in [0.2, 0.25) is 0 Å². The summed E-state index contributed by atoms with van der Waals surface area (Å²) in [4.78, 5) is 25.5. The van der Waals surface area contributed by atoms with Gasteiger partial charge in [-0.15, -0.1) is 0 Å². The summed E-state index contributed by atoms with van der Waals surface area (Å²) in [6, 6.07) is 3.56. The fourth-order valence-electron chi connectivity index (χ4n) is 2.25. The van der Waals surface area contributed by atoms with Crippen molar-refractivity contribution in [3.8, 4) is 0 Å². The van der Waals surface area contributed by atoms with Crippen LogP contribution in [0.3, 0.4) is 0 Å². The van der Waals surface area contributed by atoms with Crippen molar-refractivity contribution >= 4 is 17.5 Å². The molecule has 0 spiro atoms. The Kier molecular flexibility index (Phi) is 4.55. The summed E-state index contributed by atoms with van der Waals surface area (Å²) in [7, 11) is 0. The number of hydrogen-bond acceptors (Lipinski definition) is 3. The van der Waals surface area contributed by atoms with E-state index in [0.29, 0.717) is 0 Å². The molecule has 5 nitrogen and oxygen atoms in total. The largest absolute Gasteiger partial charge is 0.398 e. The molecule has 0 radical (unpaired) electrons. The van der Waals surface area contributed by atoms with E-state index in [1.807, 2.05) is 0 Å². The van der Waals surface area contributed by atoms with Crippen molar-refractivity contribution in [3.63, 3.8) is 0 Å². The van der Waals surface area contributed by atoms with Gasteiger partial charge in [-0.05, 0) is 37.5 Å². The summed E-state index contributed by atoms with van der Waals surface area (Å²) in [5, 5.41) is 2.52. The van der Waals surface area contributed by atoms with Crippen molar-refractivity contribution in [2.75, 3.05) is 25.4 Å². The highest BCUT2D eigenvalue weighted by molar-refractivity contribution is 6.00. The molecule has 2 amide bonds. The Hall–Kier alpha value is -2.11. The highest BCUT2D eigenvalue weighted by atomic mass is 19.1. The van der Waals surface area contributed by atoms with E-state index in [4.69, 9.17) is 5.73 Å². The number of nitrogens with zero attached hydrogens (tertiary/aromatic N) is 1. The van der Waals surface area contributed by atoms with Crippen molar-refractivity contribution < 1.29 is 14.0 Å². The average Bonchev–Trinajstić information content (AvgIpc) is 2.45. The second-order valence-corrected chi connectivity index (χ2v) is 4.86. The molecule has 1 aliphatic rings. The lowest BCUT2D eigenvalue weighted by atomic mass is 10.1. The van der Waals surface area contributed by atoms with Crippen LogP contribution in [0.1, 0.15) is 29.6 Å². The molecule has 2 rings (SSSR count). The zero-order valence-electron chi connectivity index (χ0n) is 11.2. The number of rotatable bonds is 3. The molecule has 0 unspecified atom stereocenters. The molecule has 3 N–H and O–H groups in total. The first kappa shape index (κ1) is 14.3. The molecular weight excluding hydrogens is 261 g/mol. The van der Waals surface area contributed by atoms with Crippen LogP contribution in [-0.2, 0) is 4.79 Å². The number of nitrogen functional groups attached to an aromatic ring is 1. The van der Waals surface area contributed by atoms with E-state index >= 15 is 0 Å². The van der Waals surface area contributed by atoms with Gasteiger partial charge in [0.15, 0.2) is 0 Å². The van der Waals surface area contributed by atoms with Crippen LogP contribution in [0.25, 0.3) is 0 Å². The zero-order chi connectivity index (χ0) is 14.5. The van der Waals surface area contributed by atoms with Crippen molar-refractivity contribution in [2.24, 2.45) is 0 Å². The minimum atomic E-state index is -0.497. The number of halogens is 1. The number of anilines is 1. The van der Waals surface area contributed by atoms with E-state index < -0.39 is 11.7 Å². The number of nitrogens with one attached hydrogen (secondary N) is 1. The van der Waals surface area contributed by atoms with Crippen molar-refractivity contribution in [2.45, 2.75) is 19.3 Å². The second kappa shape index (κ2) is 6.36. The van der Waals surface area contributed by atoms with Crippen LogP contribution in [-0.4, -0.2) is 36.3 Å². The smallest absolute Gasteiger partial charge is 0.253 e. The molecule has 1 fully saturated rings. The molecule has 1 aromatic rings. The highest BCUT2D eigenvalue weighted by Crippen LogP contribution is 2.13. The van der Waals surface area contributed by atoms with E-state index in [1.54, 1.807) is 4.90 Å². The fraction of sp³-hybridized carbons (Fsp3) is 0.429. The van der Waals surface area contributed by atoms with Gasteiger partial charge < -0.3 is 16.0 Å². The Labute approximate surface area is 116 Å². The minimum Gasteiger partial charge on any atom is -0.398 e. The van der Waals surface area contributed by atoms with Gasteiger partial charge >= 0.3 is 0 Å². The van der Waals surface area contributed by atoms with Crippen LogP contribution in [0.5, 0.6) is 0 Å². The lowest BCUT2D eigenvalue weighted by Gasteiger charge is -2.26. The number of carbonyl (C=O) groups excluding carboxylic acids is 2. The lowest BCUT2D eigenvalue weighted by molar-refractivity contribution is -0.130. The Balaban J connectivity index is 1.89. The standard InChI is InChI=1S/C14H18FN3O2/c15-10-4-5-11(12(16)8-10)14(20)17-9-13(19)18-6-2-1-3-7-18/h4-5,8H,1-3,6-7,9,16H2,(H,17,20). The first-order valence-corrected chi connectivity index (χ1v) is 6.69. The Bertz CT molecular complexity index is 513. The number of likely N-dealkylation sites (tertiary alicyclic amines) is 1. The third-order valence-electron chi connectivity index (χ3n) is 3.37. The van der Waals surface area contributed by atoms with Gasteiger partial charge in [-0.2, -0.15) is 0 Å². The van der Waals surface area contributed by atoms with Crippen molar-refractivity contribution in [1.29, 1.82) is 0 Å². The van der Waals surface area contributed by atoms with Crippen molar-refractivity contribution in [1.82, 2.24) is 10.2 Å². The summed E-state index contributed by atoms with van der Waals surface area (Å²) in [6.07, 6.45) is 3.15. The molecule has 0 bridgehead atoms. The summed E-state index contributed by atoms with van der Waals surface area (Å²) < 4.78 is 12.9. The predicted octanol–water partition coefficient (Wildman–Crippen LogP) is 1.15. The monoisotopic (exact) mass is 279 g/mol. The quantitative estimate of drug-likeness (QED) is 0.815. The van der Waals surface area contributed by atoms with Gasteiger partial charge in [0.2, 0.25) is 5.91 Å². The van der Waals surface area contributed by atoms with E-state index in [-0.39, 0.29) is 23.7 Å². The van der Waals surface area contributed by atoms with Crippen LogP contribution in [0.4, 0.5) is 10.1 Å². The minimum absolute atomic E-state index is 0.0599. The first-order valence-electron chi connectivity index (χ1n) is 6.69. The molecular formula is C14H18FN3O2. The van der Waals surface area contributed by atoms with Gasteiger partial charge in [-0.25, -0.2) is 4.39 Å². The normalized spacial score (nSPS) is 14.9. The number of benzene rings is 1. The second-order valence-electron chi connectivity index (χ2n) is 4.86.